The lowest BCUT2D eigenvalue weighted by Gasteiger charge is -2.35. The molecule has 1 aromatic heterocycles. The second-order valence-corrected chi connectivity index (χ2v) is 7.00. The second-order valence-electron chi connectivity index (χ2n) is 6.28. The molecule has 7 heteroatoms. The summed E-state index contributed by atoms with van der Waals surface area (Å²) in [6.45, 7) is 2.63. The average molecular weight is 361 g/mol. The summed E-state index contributed by atoms with van der Waals surface area (Å²) < 4.78 is 5.07. The van der Waals surface area contributed by atoms with E-state index >= 15 is 0 Å². The molecule has 2 heterocycles. The van der Waals surface area contributed by atoms with Crippen LogP contribution in [-0.2, 0) is 17.9 Å². The zero-order valence-electron chi connectivity index (χ0n) is 14.2. The molecule has 134 valence electrons. The maximum Gasteiger partial charge on any atom is 0.251 e. The van der Waals surface area contributed by atoms with E-state index in [1.807, 2.05) is 23.0 Å². The van der Waals surface area contributed by atoms with E-state index in [9.17, 15) is 9.90 Å². The monoisotopic (exact) mass is 361 g/mol. The Morgan fingerprint density at radius 1 is 1.44 bits per heavy atom. The number of amides is 1. The fourth-order valence-corrected chi connectivity index (χ4v) is 3.57. The smallest absolute Gasteiger partial charge is 0.251 e. The molecule has 0 bridgehead atoms. The molecule has 6 nitrogen and oxygen atoms in total. The molecule has 0 aliphatic carbocycles. The van der Waals surface area contributed by atoms with Crippen LogP contribution in [0.2, 0.25) is 0 Å². The first kappa shape index (κ1) is 18.0. The molecule has 1 aliphatic rings. The van der Waals surface area contributed by atoms with Gasteiger partial charge in [0.1, 0.15) is 0 Å². The molecule has 2 aromatic rings. The van der Waals surface area contributed by atoms with Gasteiger partial charge in [-0.2, -0.15) is 0 Å². The largest absolute Gasteiger partial charge is 0.390 e. The minimum absolute atomic E-state index is 0.152. The first-order valence-corrected chi connectivity index (χ1v) is 9.26. The zero-order valence-corrected chi connectivity index (χ0v) is 15.0. The van der Waals surface area contributed by atoms with E-state index in [4.69, 9.17) is 4.74 Å². The Kier molecular flexibility index (Phi) is 6.14. The molecule has 1 saturated heterocycles. The van der Waals surface area contributed by atoms with Crippen molar-refractivity contribution in [2.75, 3.05) is 20.2 Å². The maximum absolute atomic E-state index is 12.4. The Morgan fingerprint density at radius 3 is 2.88 bits per heavy atom. The van der Waals surface area contributed by atoms with Crippen LogP contribution in [0.15, 0.2) is 35.2 Å². The Hall–Kier alpha value is -1.80. The number of hydrogen-bond acceptors (Lipinski definition) is 6. The summed E-state index contributed by atoms with van der Waals surface area (Å²) in [5.41, 5.74) is 4.46. The number of nitrogens with one attached hydrogen (secondary N) is 1. The number of piperidine rings is 1. The van der Waals surface area contributed by atoms with Crippen molar-refractivity contribution in [3.8, 4) is 0 Å². The number of nitrogens with zero attached hydrogens (tertiary/aromatic N) is 2. The zero-order chi connectivity index (χ0) is 17.6. The van der Waals surface area contributed by atoms with Gasteiger partial charge in [0.25, 0.3) is 5.91 Å². The number of carbonyl (C=O) groups is 1. The van der Waals surface area contributed by atoms with E-state index in [0.29, 0.717) is 18.7 Å². The van der Waals surface area contributed by atoms with Crippen LogP contribution < -0.4 is 5.32 Å². The quantitative estimate of drug-likeness (QED) is 0.818. The Balaban J connectivity index is 1.52. The number of β-amino-alcohol motifs (C(OH)–C–C–N with tert-alkyl or cyclic N) is 1. The van der Waals surface area contributed by atoms with Gasteiger partial charge in [0.2, 0.25) is 0 Å². The van der Waals surface area contributed by atoms with Gasteiger partial charge in [0, 0.05) is 37.7 Å². The van der Waals surface area contributed by atoms with Gasteiger partial charge in [-0.1, -0.05) is 12.1 Å². The first-order valence-electron chi connectivity index (χ1n) is 8.32. The number of ether oxygens (including phenoxy) is 1. The number of benzene rings is 1. The molecule has 2 atom stereocenters. The molecule has 3 rings (SSSR count). The highest BCUT2D eigenvalue weighted by molar-refractivity contribution is 7.07. The third-order valence-electron chi connectivity index (χ3n) is 4.38. The molecule has 1 fully saturated rings. The van der Waals surface area contributed by atoms with E-state index in [2.05, 4.69) is 15.2 Å². The topological polar surface area (TPSA) is 74.7 Å². The molecule has 1 amide bonds. The second kappa shape index (κ2) is 8.53. The van der Waals surface area contributed by atoms with Gasteiger partial charge >= 0.3 is 0 Å². The minimum Gasteiger partial charge on any atom is -0.390 e. The van der Waals surface area contributed by atoms with E-state index in [1.54, 1.807) is 30.6 Å². The van der Waals surface area contributed by atoms with Crippen molar-refractivity contribution in [3.63, 3.8) is 0 Å². The molecule has 0 radical (unpaired) electrons. The lowest BCUT2D eigenvalue weighted by atomic mass is 10.0. The van der Waals surface area contributed by atoms with Gasteiger partial charge in [-0.25, -0.2) is 4.98 Å². The van der Waals surface area contributed by atoms with Crippen molar-refractivity contribution >= 4 is 17.2 Å². The van der Waals surface area contributed by atoms with Crippen molar-refractivity contribution in [2.24, 2.45) is 0 Å². The van der Waals surface area contributed by atoms with Crippen molar-refractivity contribution in [2.45, 2.75) is 31.7 Å². The van der Waals surface area contributed by atoms with Gasteiger partial charge < -0.3 is 15.2 Å². The van der Waals surface area contributed by atoms with Crippen molar-refractivity contribution in [3.05, 3.63) is 52.0 Å². The summed E-state index contributed by atoms with van der Waals surface area (Å²) in [6, 6.07) is 7.11. The number of thiazole rings is 1. The summed E-state index contributed by atoms with van der Waals surface area (Å²) in [7, 11) is 1.64. The molecule has 1 aliphatic heterocycles. The Bertz CT molecular complexity index is 675. The molecule has 0 unspecified atom stereocenters. The standard InChI is InChI=1S/C18H23N3O3S/c1-24-10-13-2-4-14(5-3-13)18(23)20-16-6-7-21(9-17(16)22)8-15-11-25-12-19-15/h2-5,11-12,16-17,22H,6-10H2,1H3,(H,20,23)/t16-,17-/m1/s1. The van der Waals surface area contributed by atoms with E-state index in [1.165, 1.54) is 0 Å². The lowest BCUT2D eigenvalue weighted by molar-refractivity contribution is 0.0346. The van der Waals surface area contributed by atoms with Gasteiger partial charge in [-0.3, -0.25) is 9.69 Å². The summed E-state index contributed by atoms with van der Waals surface area (Å²) in [4.78, 5) is 18.8. The van der Waals surface area contributed by atoms with Crippen molar-refractivity contribution in [1.82, 2.24) is 15.2 Å². The molecule has 2 N–H and O–H groups in total. The number of aliphatic hydroxyl groups is 1. The predicted octanol–water partition coefficient (Wildman–Crippen LogP) is 1.65. The van der Waals surface area contributed by atoms with Gasteiger partial charge in [-0.05, 0) is 24.1 Å². The molecular formula is C18H23N3O3S. The maximum atomic E-state index is 12.4. The summed E-state index contributed by atoms with van der Waals surface area (Å²) >= 11 is 1.57. The lowest BCUT2D eigenvalue weighted by Crippen LogP contribution is -2.53. The van der Waals surface area contributed by atoms with Crippen LogP contribution in [0, 0.1) is 0 Å². The highest BCUT2D eigenvalue weighted by atomic mass is 32.1. The van der Waals surface area contributed by atoms with Crippen molar-refractivity contribution in [1.29, 1.82) is 0 Å². The fraction of sp³-hybridized carbons (Fsp3) is 0.444. The van der Waals surface area contributed by atoms with Crippen LogP contribution in [-0.4, -0.2) is 53.2 Å². The van der Waals surface area contributed by atoms with Gasteiger partial charge in [0.15, 0.2) is 0 Å². The Labute approximate surface area is 151 Å². The molecule has 0 saturated carbocycles. The number of methoxy groups -OCH3 is 1. The van der Waals surface area contributed by atoms with E-state index in [-0.39, 0.29) is 11.9 Å². The number of hydrogen-bond donors (Lipinski definition) is 2. The predicted molar refractivity (Wildman–Crippen MR) is 96.4 cm³/mol. The average Bonchev–Trinajstić information content (AvgIpc) is 3.11. The van der Waals surface area contributed by atoms with Crippen LogP contribution >= 0.6 is 11.3 Å². The fourth-order valence-electron chi connectivity index (χ4n) is 3.02. The third-order valence-corrected chi connectivity index (χ3v) is 5.01. The van der Waals surface area contributed by atoms with Crippen LogP contribution in [0.3, 0.4) is 0 Å². The molecule has 25 heavy (non-hydrogen) atoms. The highest BCUT2D eigenvalue weighted by Crippen LogP contribution is 2.15. The van der Waals surface area contributed by atoms with Crippen LogP contribution in [0.5, 0.6) is 0 Å². The Morgan fingerprint density at radius 2 is 2.24 bits per heavy atom. The molecular weight excluding hydrogens is 338 g/mol. The first-order chi connectivity index (χ1) is 12.2. The minimum atomic E-state index is -0.580. The number of rotatable bonds is 6. The van der Waals surface area contributed by atoms with Gasteiger partial charge in [0.05, 0.1) is 30.0 Å². The number of aliphatic hydroxyl groups excluding tert-OH is 1. The van der Waals surface area contributed by atoms with Crippen LogP contribution in [0.25, 0.3) is 0 Å². The molecule has 0 spiro atoms. The molecule has 1 aromatic carbocycles. The van der Waals surface area contributed by atoms with E-state index in [0.717, 1.165) is 30.8 Å². The number of carbonyl (C=O) groups excluding carboxylic acids is 1. The number of aromatic nitrogens is 1. The normalized spacial score (nSPS) is 21.2. The van der Waals surface area contributed by atoms with Crippen LogP contribution in [0.1, 0.15) is 28.0 Å². The van der Waals surface area contributed by atoms with Crippen LogP contribution in [0.4, 0.5) is 0 Å². The number of likely N-dealkylation sites (tertiary alicyclic amines) is 1. The summed E-state index contributed by atoms with van der Waals surface area (Å²) in [5.74, 6) is -0.152. The van der Waals surface area contributed by atoms with Gasteiger partial charge in [-0.15, -0.1) is 11.3 Å². The summed E-state index contributed by atoms with van der Waals surface area (Å²) in [6.07, 6.45) is 0.141. The highest BCUT2D eigenvalue weighted by Gasteiger charge is 2.29. The third kappa shape index (κ3) is 4.85. The summed E-state index contributed by atoms with van der Waals surface area (Å²) in [5, 5.41) is 15.4. The van der Waals surface area contributed by atoms with Crippen molar-refractivity contribution < 1.29 is 14.6 Å². The van der Waals surface area contributed by atoms with E-state index < -0.39 is 6.10 Å². The SMILES string of the molecule is COCc1ccc(C(=O)N[C@@H]2CCN(Cc3cscn3)C[C@H]2O)cc1.